The average molecular weight is 254 g/mol. The van der Waals surface area contributed by atoms with Crippen LogP contribution in [0, 0.1) is 0 Å². The van der Waals surface area contributed by atoms with Gasteiger partial charge in [-0.05, 0) is 13.8 Å². The number of rotatable bonds is 6. The molecular formula is C12H22N4O2. The predicted octanol–water partition coefficient (Wildman–Crippen LogP) is 1.79. The largest absolute Gasteiger partial charge is 0.425 e. The molecule has 0 saturated carbocycles. The van der Waals surface area contributed by atoms with Crippen molar-refractivity contribution in [3.8, 4) is 0 Å². The van der Waals surface area contributed by atoms with Gasteiger partial charge in [0.05, 0.1) is 0 Å². The van der Waals surface area contributed by atoms with Crippen molar-refractivity contribution in [2.24, 2.45) is 0 Å². The molecule has 0 unspecified atom stereocenters. The molecule has 1 aromatic rings. The number of aromatic nitrogens is 2. The first-order valence-corrected chi connectivity index (χ1v) is 6.43. The smallest absolute Gasteiger partial charge is 0.317 e. The van der Waals surface area contributed by atoms with E-state index in [0.29, 0.717) is 37.8 Å². The van der Waals surface area contributed by atoms with E-state index >= 15 is 0 Å². The summed E-state index contributed by atoms with van der Waals surface area (Å²) in [5, 5.41) is 10.7. The van der Waals surface area contributed by atoms with Crippen LogP contribution in [0.1, 0.15) is 45.4 Å². The van der Waals surface area contributed by atoms with Crippen molar-refractivity contribution in [3.63, 3.8) is 0 Å². The number of carbonyl (C=O) groups excluding carboxylic acids is 1. The van der Waals surface area contributed by atoms with E-state index in [-0.39, 0.29) is 11.9 Å². The van der Waals surface area contributed by atoms with Gasteiger partial charge >= 0.3 is 6.03 Å². The van der Waals surface area contributed by atoms with Crippen molar-refractivity contribution >= 4 is 6.03 Å². The van der Waals surface area contributed by atoms with Gasteiger partial charge in [0.25, 0.3) is 0 Å². The summed E-state index contributed by atoms with van der Waals surface area (Å²) in [6, 6.07) is -0.0522. The normalized spacial score (nSPS) is 10.7. The second kappa shape index (κ2) is 6.98. The number of hydrogen-bond acceptors (Lipinski definition) is 4. The highest BCUT2D eigenvalue weighted by atomic mass is 16.4. The van der Waals surface area contributed by atoms with Crippen LogP contribution >= 0.6 is 0 Å². The molecule has 0 aliphatic rings. The average Bonchev–Trinajstić information content (AvgIpc) is 2.79. The first-order chi connectivity index (χ1) is 8.58. The Hall–Kier alpha value is -1.59. The monoisotopic (exact) mass is 254 g/mol. The first-order valence-electron chi connectivity index (χ1n) is 6.43. The van der Waals surface area contributed by atoms with E-state index in [4.69, 9.17) is 4.42 Å². The van der Waals surface area contributed by atoms with Crippen LogP contribution in [0.5, 0.6) is 0 Å². The molecule has 0 bridgehead atoms. The summed E-state index contributed by atoms with van der Waals surface area (Å²) >= 11 is 0. The number of hydrogen-bond donors (Lipinski definition) is 1. The Bertz CT molecular complexity index is 372. The lowest BCUT2D eigenvalue weighted by Gasteiger charge is -2.18. The topological polar surface area (TPSA) is 71.3 Å². The number of nitrogens with zero attached hydrogens (tertiary/aromatic N) is 3. The maximum atomic E-state index is 11.7. The van der Waals surface area contributed by atoms with Crippen molar-refractivity contribution < 1.29 is 9.21 Å². The summed E-state index contributed by atoms with van der Waals surface area (Å²) in [4.78, 5) is 13.4. The van der Waals surface area contributed by atoms with Gasteiger partial charge in [0.15, 0.2) is 0 Å². The molecule has 0 fully saturated rings. The Morgan fingerprint density at radius 1 is 1.33 bits per heavy atom. The fourth-order valence-electron chi connectivity index (χ4n) is 1.50. The Labute approximate surface area is 108 Å². The van der Waals surface area contributed by atoms with E-state index in [1.54, 1.807) is 4.90 Å². The third-order valence-electron chi connectivity index (χ3n) is 2.64. The van der Waals surface area contributed by atoms with E-state index in [1.165, 1.54) is 0 Å². The number of urea groups is 1. The molecule has 0 aromatic carbocycles. The zero-order valence-corrected chi connectivity index (χ0v) is 11.6. The Kier molecular flexibility index (Phi) is 5.61. The molecule has 0 radical (unpaired) electrons. The lowest BCUT2D eigenvalue weighted by Crippen LogP contribution is -2.40. The van der Waals surface area contributed by atoms with Crippen LogP contribution in [0.15, 0.2) is 4.42 Å². The quantitative estimate of drug-likeness (QED) is 0.840. The van der Waals surface area contributed by atoms with Gasteiger partial charge in [0, 0.05) is 32.0 Å². The summed E-state index contributed by atoms with van der Waals surface area (Å²) in [6.07, 6.45) is 0.562. The lowest BCUT2D eigenvalue weighted by atomic mass is 10.2. The third-order valence-corrected chi connectivity index (χ3v) is 2.64. The van der Waals surface area contributed by atoms with Crippen molar-refractivity contribution in [1.82, 2.24) is 20.4 Å². The molecule has 0 atom stereocenters. The molecule has 0 aliphatic heterocycles. The second-order valence-electron chi connectivity index (χ2n) is 4.34. The number of nitrogens with one attached hydrogen (secondary N) is 1. The maximum Gasteiger partial charge on any atom is 0.317 e. The zero-order chi connectivity index (χ0) is 13.5. The molecule has 0 spiro atoms. The molecule has 1 aromatic heterocycles. The third kappa shape index (κ3) is 4.01. The second-order valence-corrected chi connectivity index (χ2v) is 4.34. The summed E-state index contributed by atoms with van der Waals surface area (Å²) in [5.74, 6) is 1.44. The van der Waals surface area contributed by atoms with Crippen LogP contribution in [0.25, 0.3) is 0 Å². The van der Waals surface area contributed by atoms with Crippen molar-refractivity contribution in [3.05, 3.63) is 11.8 Å². The van der Waals surface area contributed by atoms with Gasteiger partial charge in [0.2, 0.25) is 11.8 Å². The fourth-order valence-corrected chi connectivity index (χ4v) is 1.50. The maximum absolute atomic E-state index is 11.7. The van der Waals surface area contributed by atoms with Crippen LogP contribution in [0.4, 0.5) is 4.79 Å². The molecule has 1 N–H and O–H groups in total. The predicted molar refractivity (Wildman–Crippen MR) is 68.4 cm³/mol. The van der Waals surface area contributed by atoms with Gasteiger partial charge in [-0.1, -0.05) is 13.8 Å². The zero-order valence-electron chi connectivity index (χ0n) is 11.6. The standard InChI is InChI=1S/C12H22N4O2/c1-5-16(6-2)12(17)13-8-7-10-14-15-11(18-10)9(3)4/h9H,5-8H2,1-4H3,(H,13,17). The van der Waals surface area contributed by atoms with E-state index < -0.39 is 0 Å². The molecule has 18 heavy (non-hydrogen) atoms. The first kappa shape index (κ1) is 14.5. The van der Waals surface area contributed by atoms with Crippen LogP contribution < -0.4 is 5.32 Å². The van der Waals surface area contributed by atoms with Crippen LogP contribution in [-0.2, 0) is 6.42 Å². The molecule has 2 amide bonds. The van der Waals surface area contributed by atoms with Gasteiger partial charge in [-0.2, -0.15) is 0 Å². The van der Waals surface area contributed by atoms with Crippen molar-refractivity contribution in [2.75, 3.05) is 19.6 Å². The highest BCUT2D eigenvalue weighted by molar-refractivity contribution is 5.73. The molecule has 1 rings (SSSR count). The van der Waals surface area contributed by atoms with E-state index in [9.17, 15) is 4.79 Å². The Morgan fingerprint density at radius 2 is 2.00 bits per heavy atom. The molecule has 6 heteroatoms. The van der Waals surface area contributed by atoms with Crippen LogP contribution in [0.3, 0.4) is 0 Å². The van der Waals surface area contributed by atoms with E-state index in [1.807, 2.05) is 27.7 Å². The molecule has 0 saturated heterocycles. The fraction of sp³-hybridized carbons (Fsp3) is 0.750. The molecule has 102 valence electrons. The number of carbonyl (C=O) groups is 1. The molecular weight excluding hydrogens is 232 g/mol. The highest BCUT2D eigenvalue weighted by Gasteiger charge is 2.11. The summed E-state index contributed by atoms with van der Waals surface area (Å²) < 4.78 is 5.45. The summed E-state index contributed by atoms with van der Waals surface area (Å²) in [7, 11) is 0. The van der Waals surface area contributed by atoms with Crippen molar-refractivity contribution in [2.45, 2.75) is 40.0 Å². The molecule has 0 aliphatic carbocycles. The minimum atomic E-state index is -0.0522. The number of amides is 2. The van der Waals surface area contributed by atoms with E-state index in [2.05, 4.69) is 15.5 Å². The van der Waals surface area contributed by atoms with Gasteiger partial charge in [-0.25, -0.2) is 4.79 Å². The highest BCUT2D eigenvalue weighted by Crippen LogP contribution is 2.11. The minimum Gasteiger partial charge on any atom is -0.425 e. The van der Waals surface area contributed by atoms with Gasteiger partial charge in [0.1, 0.15) is 0 Å². The Morgan fingerprint density at radius 3 is 2.50 bits per heavy atom. The van der Waals surface area contributed by atoms with Crippen molar-refractivity contribution in [1.29, 1.82) is 0 Å². The molecule has 6 nitrogen and oxygen atoms in total. The minimum absolute atomic E-state index is 0.0522. The van der Waals surface area contributed by atoms with Gasteiger partial charge in [-0.3, -0.25) is 0 Å². The summed E-state index contributed by atoms with van der Waals surface area (Å²) in [5.41, 5.74) is 0. The van der Waals surface area contributed by atoms with Crippen LogP contribution in [0.2, 0.25) is 0 Å². The lowest BCUT2D eigenvalue weighted by molar-refractivity contribution is 0.203. The Balaban J connectivity index is 2.34. The van der Waals surface area contributed by atoms with Gasteiger partial charge in [-0.15, -0.1) is 10.2 Å². The van der Waals surface area contributed by atoms with Gasteiger partial charge < -0.3 is 14.6 Å². The van der Waals surface area contributed by atoms with Crippen LogP contribution in [-0.4, -0.2) is 40.8 Å². The molecule has 1 heterocycles. The SMILES string of the molecule is CCN(CC)C(=O)NCCc1nnc(C(C)C)o1. The van der Waals surface area contributed by atoms with E-state index in [0.717, 1.165) is 0 Å². The summed E-state index contributed by atoms with van der Waals surface area (Å²) in [6.45, 7) is 9.83.